The fraction of sp³-hybridized carbons (Fsp3) is 0.647. The van der Waals surface area contributed by atoms with Gasteiger partial charge in [-0.1, -0.05) is 13.8 Å². The third-order valence-electron chi connectivity index (χ3n) is 4.26. The van der Waals surface area contributed by atoms with Crippen LogP contribution < -0.4 is 10.6 Å². The molecule has 0 aliphatic carbocycles. The van der Waals surface area contributed by atoms with E-state index in [0.29, 0.717) is 12.5 Å². The van der Waals surface area contributed by atoms with Gasteiger partial charge in [-0.2, -0.15) is 0 Å². The second kappa shape index (κ2) is 8.84. The zero-order chi connectivity index (χ0) is 17.5. The van der Waals surface area contributed by atoms with Gasteiger partial charge in [0.25, 0.3) is 5.91 Å². The Balaban J connectivity index is 1.82. The van der Waals surface area contributed by atoms with Crippen molar-refractivity contribution < 1.29 is 18.7 Å². The minimum Gasteiger partial charge on any atom is -0.459 e. The molecule has 0 aromatic carbocycles. The third kappa shape index (κ3) is 5.07. The molecule has 1 aromatic rings. The summed E-state index contributed by atoms with van der Waals surface area (Å²) in [7, 11) is 0. The van der Waals surface area contributed by atoms with Crippen molar-refractivity contribution in [2.45, 2.75) is 32.9 Å². The molecule has 2 atom stereocenters. The summed E-state index contributed by atoms with van der Waals surface area (Å²) in [6.45, 7) is 9.72. The van der Waals surface area contributed by atoms with Gasteiger partial charge in [0.1, 0.15) is 6.04 Å². The molecule has 7 heteroatoms. The Morgan fingerprint density at radius 3 is 2.54 bits per heavy atom. The van der Waals surface area contributed by atoms with Gasteiger partial charge in [-0.3, -0.25) is 14.5 Å². The molecule has 7 nitrogen and oxygen atoms in total. The van der Waals surface area contributed by atoms with Crippen molar-refractivity contribution in [2.75, 3.05) is 32.8 Å². The third-order valence-corrected chi connectivity index (χ3v) is 4.26. The van der Waals surface area contributed by atoms with Crippen LogP contribution in [0.15, 0.2) is 22.8 Å². The van der Waals surface area contributed by atoms with Crippen LogP contribution in [0.2, 0.25) is 0 Å². The highest BCUT2D eigenvalue weighted by atomic mass is 16.5. The van der Waals surface area contributed by atoms with Gasteiger partial charge in [-0.15, -0.1) is 0 Å². The predicted octanol–water partition coefficient (Wildman–Crippen LogP) is 0.871. The molecule has 24 heavy (non-hydrogen) atoms. The van der Waals surface area contributed by atoms with Gasteiger partial charge in [0.15, 0.2) is 5.76 Å². The first-order valence-corrected chi connectivity index (χ1v) is 8.43. The lowest BCUT2D eigenvalue weighted by atomic mass is 10.0. The molecule has 2 amide bonds. The number of nitrogens with one attached hydrogen (secondary N) is 2. The van der Waals surface area contributed by atoms with Crippen LogP contribution in [0, 0.1) is 5.92 Å². The number of carbonyl (C=O) groups is 2. The average molecular weight is 337 g/mol. The number of furan rings is 1. The van der Waals surface area contributed by atoms with E-state index in [0.717, 1.165) is 26.3 Å². The van der Waals surface area contributed by atoms with E-state index in [1.165, 1.54) is 6.26 Å². The van der Waals surface area contributed by atoms with Gasteiger partial charge >= 0.3 is 0 Å². The fourth-order valence-electron chi connectivity index (χ4n) is 2.79. The minimum atomic E-state index is -0.625. The highest BCUT2D eigenvalue weighted by Crippen LogP contribution is 2.12. The first-order valence-electron chi connectivity index (χ1n) is 8.43. The molecule has 1 aliphatic rings. The lowest BCUT2D eigenvalue weighted by Gasteiger charge is -2.37. The molecular formula is C17H27N3O4. The Labute approximate surface area is 142 Å². The number of amides is 2. The molecule has 0 bridgehead atoms. The van der Waals surface area contributed by atoms with Gasteiger partial charge in [-0.05, 0) is 25.0 Å². The first-order chi connectivity index (χ1) is 11.5. The Hall–Kier alpha value is -1.86. The molecule has 2 rings (SSSR count). The molecule has 0 saturated carbocycles. The predicted molar refractivity (Wildman–Crippen MR) is 89.7 cm³/mol. The number of ether oxygens (including phenoxy) is 1. The van der Waals surface area contributed by atoms with E-state index in [2.05, 4.69) is 29.4 Å². The number of hydrogen-bond donors (Lipinski definition) is 2. The van der Waals surface area contributed by atoms with E-state index in [1.807, 2.05) is 0 Å². The number of carbonyl (C=O) groups excluding carboxylic acids is 2. The molecule has 1 aromatic heterocycles. The Bertz CT molecular complexity index is 524. The summed E-state index contributed by atoms with van der Waals surface area (Å²) >= 11 is 0. The van der Waals surface area contributed by atoms with Crippen molar-refractivity contribution in [3.8, 4) is 0 Å². The molecule has 0 spiro atoms. The zero-order valence-electron chi connectivity index (χ0n) is 14.6. The second-order valence-electron chi connectivity index (χ2n) is 6.38. The van der Waals surface area contributed by atoms with Crippen molar-refractivity contribution in [2.24, 2.45) is 5.92 Å². The van der Waals surface area contributed by atoms with Crippen LogP contribution in [0.5, 0.6) is 0 Å². The molecule has 2 N–H and O–H groups in total. The van der Waals surface area contributed by atoms with Crippen LogP contribution in [-0.2, 0) is 9.53 Å². The Morgan fingerprint density at radius 2 is 1.96 bits per heavy atom. The first kappa shape index (κ1) is 18.5. The molecule has 2 heterocycles. The monoisotopic (exact) mass is 337 g/mol. The average Bonchev–Trinajstić information content (AvgIpc) is 3.10. The zero-order valence-corrected chi connectivity index (χ0v) is 14.6. The smallest absolute Gasteiger partial charge is 0.287 e. The number of morpholine rings is 1. The van der Waals surface area contributed by atoms with E-state index in [1.54, 1.807) is 19.1 Å². The Morgan fingerprint density at radius 1 is 1.25 bits per heavy atom. The van der Waals surface area contributed by atoms with Crippen LogP contribution in [0.25, 0.3) is 0 Å². The lowest BCUT2D eigenvalue weighted by molar-refractivity contribution is -0.123. The molecule has 2 unspecified atom stereocenters. The summed E-state index contributed by atoms with van der Waals surface area (Å²) in [6, 6.07) is 2.83. The fourth-order valence-corrected chi connectivity index (χ4v) is 2.79. The summed E-state index contributed by atoms with van der Waals surface area (Å²) in [6.07, 6.45) is 1.43. The summed E-state index contributed by atoms with van der Waals surface area (Å²) in [4.78, 5) is 26.5. The lowest BCUT2D eigenvalue weighted by Crippen LogP contribution is -2.53. The quantitative estimate of drug-likeness (QED) is 0.771. The molecular weight excluding hydrogens is 310 g/mol. The van der Waals surface area contributed by atoms with E-state index >= 15 is 0 Å². The molecule has 1 saturated heterocycles. The summed E-state index contributed by atoms with van der Waals surface area (Å²) in [5, 5.41) is 5.58. The minimum absolute atomic E-state index is 0.197. The van der Waals surface area contributed by atoms with Crippen LogP contribution in [0.4, 0.5) is 0 Å². The summed E-state index contributed by atoms with van der Waals surface area (Å²) in [5.74, 6) is 0.0181. The van der Waals surface area contributed by atoms with Crippen molar-refractivity contribution in [3.05, 3.63) is 24.2 Å². The highest BCUT2D eigenvalue weighted by Gasteiger charge is 2.25. The van der Waals surface area contributed by atoms with Gasteiger partial charge < -0.3 is 19.8 Å². The topological polar surface area (TPSA) is 83.8 Å². The summed E-state index contributed by atoms with van der Waals surface area (Å²) in [5.41, 5.74) is 0. The van der Waals surface area contributed by atoms with Crippen molar-refractivity contribution in [3.63, 3.8) is 0 Å². The van der Waals surface area contributed by atoms with Crippen LogP contribution in [-0.4, -0.2) is 61.6 Å². The SMILES string of the molecule is CC(NC(=O)c1ccco1)C(=O)NCC(C(C)C)N1CCOCC1. The van der Waals surface area contributed by atoms with Crippen LogP contribution in [0.3, 0.4) is 0 Å². The number of rotatable bonds is 7. The van der Waals surface area contributed by atoms with Gasteiger partial charge in [0.05, 0.1) is 19.5 Å². The summed E-state index contributed by atoms with van der Waals surface area (Å²) < 4.78 is 10.4. The van der Waals surface area contributed by atoms with Crippen LogP contribution >= 0.6 is 0 Å². The van der Waals surface area contributed by atoms with E-state index in [-0.39, 0.29) is 17.7 Å². The van der Waals surface area contributed by atoms with Gasteiger partial charge in [0.2, 0.25) is 5.91 Å². The van der Waals surface area contributed by atoms with E-state index in [4.69, 9.17) is 9.15 Å². The molecule has 0 radical (unpaired) electrons. The highest BCUT2D eigenvalue weighted by molar-refractivity contribution is 5.95. The van der Waals surface area contributed by atoms with Gasteiger partial charge in [-0.25, -0.2) is 0 Å². The molecule has 1 fully saturated rings. The van der Waals surface area contributed by atoms with E-state index < -0.39 is 11.9 Å². The van der Waals surface area contributed by atoms with Crippen LogP contribution in [0.1, 0.15) is 31.3 Å². The molecule has 134 valence electrons. The maximum absolute atomic E-state index is 12.3. The van der Waals surface area contributed by atoms with Gasteiger partial charge in [0, 0.05) is 25.7 Å². The normalized spacial score (nSPS) is 18.2. The van der Waals surface area contributed by atoms with E-state index in [9.17, 15) is 9.59 Å². The standard InChI is InChI=1S/C17H27N3O4/c1-12(2)14(20-6-9-23-10-7-20)11-18-16(21)13(3)19-17(22)15-5-4-8-24-15/h4-5,8,12-14H,6-7,9-11H2,1-3H3,(H,18,21)(H,19,22). The second-order valence-corrected chi connectivity index (χ2v) is 6.38. The number of nitrogens with zero attached hydrogens (tertiary/aromatic N) is 1. The molecule has 1 aliphatic heterocycles. The Kier molecular flexibility index (Phi) is 6.81. The largest absolute Gasteiger partial charge is 0.459 e. The van der Waals surface area contributed by atoms with Crippen molar-refractivity contribution in [1.29, 1.82) is 0 Å². The van der Waals surface area contributed by atoms with Crippen molar-refractivity contribution >= 4 is 11.8 Å². The maximum atomic E-state index is 12.3. The van der Waals surface area contributed by atoms with Crippen molar-refractivity contribution in [1.82, 2.24) is 15.5 Å². The maximum Gasteiger partial charge on any atom is 0.287 e. The number of hydrogen-bond acceptors (Lipinski definition) is 5.